The van der Waals surface area contributed by atoms with Crippen LogP contribution in [0.2, 0.25) is 0 Å². The van der Waals surface area contributed by atoms with Gasteiger partial charge in [0.1, 0.15) is 11.3 Å². The smallest absolute Gasteiger partial charge is 0.251 e. The first-order valence-electron chi connectivity index (χ1n) is 15.3. The van der Waals surface area contributed by atoms with E-state index in [1.54, 1.807) is 0 Å². The van der Waals surface area contributed by atoms with Crippen molar-refractivity contribution in [3.8, 4) is 11.1 Å². The number of benzene rings is 4. The van der Waals surface area contributed by atoms with Crippen molar-refractivity contribution >= 4 is 22.8 Å². The highest BCUT2D eigenvalue weighted by Crippen LogP contribution is 2.32. The molecule has 2 N–H and O–H groups in total. The van der Waals surface area contributed by atoms with Crippen molar-refractivity contribution < 1.29 is 14.0 Å². The summed E-state index contributed by atoms with van der Waals surface area (Å²) in [5, 5.41) is 7.18. The van der Waals surface area contributed by atoms with Crippen molar-refractivity contribution in [1.82, 2.24) is 10.6 Å². The lowest BCUT2D eigenvalue weighted by atomic mass is 9.89. The fourth-order valence-electron chi connectivity index (χ4n) is 5.61. The van der Waals surface area contributed by atoms with Crippen LogP contribution in [0.5, 0.6) is 0 Å². The Labute approximate surface area is 258 Å². The summed E-state index contributed by atoms with van der Waals surface area (Å²) < 4.78 is 6.08. The monoisotopic (exact) mass is 580 g/mol. The lowest BCUT2D eigenvalue weighted by molar-refractivity contribution is -0.121. The molecule has 5 aromatic rings. The maximum absolute atomic E-state index is 13.9. The summed E-state index contributed by atoms with van der Waals surface area (Å²) in [4.78, 5) is 26.3. The van der Waals surface area contributed by atoms with Gasteiger partial charge in [0.05, 0.1) is 5.92 Å². The first kappa shape index (κ1) is 28.9. The van der Waals surface area contributed by atoms with Crippen molar-refractivity contribution in [1.29, 1.82) is 0 Å². The van der Waals surface area contributed by atoms with Crippen LogP contribution in [0.4, 0.5) is 0 Å². The van der Waals surface area contributed by atoms with Crippen LogP contribution in [-0.4, -0.2) is 18.4 Å². The normalized spacial score (nSPS) is 15.0. The second kappa shape index (κ2) is 13.4. The molecule has 0 radical (unpaired) electrons. The second-order valence-electron chi connectivity index (χ2n) is 11.2. The van der Waals surface area contributed by atoms with Crippen molar-refractivity contribution in [3.05, 3.63) is 156 Å². The summed E-state index contributed by atoms with van der Waals surface area (Å²) in [7, 11) is 0. The quantitative estimate of drug-likeness (QED) is 0.175. The number of para-hydroxylation sites is 1. The van der Waals surface area contributed by atoms with Crippen LogP contribution in [0.3, 0.4) is 0 Å². The Morgan fingerprint density at radius 3 is 2.30 bits per heavy atom. The van der Waals surface area contributed by atoms with Crippen LogP contribution >= 0.6 is 0 Å². The van der Waals surface area contributed by atoms with Gasteiger partial charge in [0.2, 0.25) is 5.91 Å². The number of amides is 2. The lowest BCUT2D eigenvalue weighted by Crippen LogP contribution is -2.30. The Morgan fingerprint density at radius 1 is 0.864 bits per heavy atom. The molecule has 6 rings (SSSR count). The molecular weight excluding hydrogens is 544 g/mol. The van der Waals surface area contributed by atoms with Gasteiger partial charge >= 0.3 is 0 Å². The number of rotatable bonds is 10. The largest absolute Gasteiger partial charge is 0.460 e. The van der Waals surface area contributed by atoms with Crippen LogP contribution in [0.15, 0.2) is 138 Å². The van der Waals surface area contributed by atoms with E-state index in [4.69, 9.17) is 4.42 Å². The van der Waals surface area contributed by atoms with E-state index in [1.807, 2.05) is 85.8 Å². The Hall–Kier alpha value is -5.16. The first-order valence-corrected chi connectivity index (χ1v) is 15.3. The van der Waals surface area contributed by atoms with Crippen LogP contribution in [0.1, 0.15) is 58.8 Å². The average Bonchev–Trinajstić information content (AvgIpc) is 3.52. The summed E-state index contributed by atoms with van der Waals surface area (Å²) in [5.74, 6) is 0.480. The molecule has 2 unspecified atom stereocenters. The van der Waals surface area contributed by atoms with Gasteiger partial charge in [-0.2, -0.15) is 0 Å². The number of hydrogen-bond donors (Lipinski definition) is 2. The molecule has 1 aliphatic rings. The topological polar surface area (TPSA) is 71.3 Å². The Kier molecular flexibility index (Phi) is 8.83. The maximum Gasteiger partial charge on any atom is 0.251 e. The molecule has 1 aromatic heterocycles. The Morgan fingerprint density at radius 2 is 1.59 bits per heavy atom. The molecule has 5 heteroatoms. The van der Waals surface area contributed by atoms with Gasteiger partial charge in [-0.25, -0.2) is 0 Å². The van der Waals surface area contributed by atoms with E-state index in [0.29, 0.717) is 18.5 Å². The van der Waals surface area contributed by atoms with Crippen molar-refractivity contribution in [3.63, 3.8) is 0 Å². The summed E-state index contributed by atoms with van der Waals surface area (Å²) >= 11 is 0. The number of carbonyl (C=O) groups is 2. The zero-order valence-electron chi connectivity index (χ0n) is 24.8. The van der Waals surface area contributed by atoms with E-state index in [2.05, 4.69) is 59.2 Å². The van der Waals surface area contributed by atoms with Crippen LogP contribution in [0.25, 0.3) is 22.1 Å². The van der Waals surface area contributed by atoms with E-state index < -0.39 is 5.92 Å². The van der Waals surface area contributed by atoms with Crippen LogP contribution in [0, 0.1) is 0 Å². The van der Waals surface area contributed by atoms with Gasteiger partial charge in [-0.05, 0) is 71.9 Å². The van der Waals surface area contributed by atoms with Gasteiger partial charge in [0, 0.05) is 29.1 Å². The minimum Gasteiger partial charge on any atom is -0.460 e. The standard InChI is InChI=1S/C39H36N2O3/c1-2-24-40-38(42)32-14-12-27(13-15-32)25-35(30-18-16-29(17-19-30)28-8-4-3-5-9-28)39(43)41-34-22-20-31(21-23-34)37-26-33-10-6-7-11-36(33)44-37/h3-20,22-23,26,31,35H,2,21,24-25H2,1H3,(H,40,42)(H,41,43). The lowest BCUT2D eigenvalue weighted by Gasteiger charge is -2.20. The molecule has 1 heterocycles. The molecule has 4 aromatic carbocycles. The van der Waals surface area contributed by atoms with Gasteiger partial charge in [0.25, 0.3) is 5.91 Å². The molecule has 5 nitrogen and oxygen atoms in total. The number of furan rings is 1. The SMILES string of the molecule is CCCNC(=O)c1ccc(CC(C(=O)NC2=CCC(c3cc4ccccc4o3)C=C2)c2ccc(-c3ccccc3)cc2)cc1. The van der Waals surface area contributed by atoms with Gasteiger partial charge < -0.3 is 15.1 Å². The number of allylic oxidation sites excluding steroid dienone is 3. The zero-order valence-corrected chi connectivity index (χ0v) is 24.8. The molecule has 0 saturated carbocycles. The fraction of sp³-hybridized carbons (Fsp3) is 0.179. The molecule has 0 bridgehead atoms. The first-order chi connectivity index (χ1) is 21.6. The van der Waals surface area contributed by atoms with Gasteiger partial charge in [-0.1, -0.05) is 104 Å². The molecule has 0 fully saturated rings. The molecule has 0 aliphatic heterocycles. The van der Waals surface area contributed by atoms with E-state index in [0.717, 1.165) is 57.5 Å². The molecule has 0 saturated heterocycles. The summed E-state index contributed by atoms with van der Waals surface area (Å²) in [6, 6.07) is 36.1. The predicted octanol–water partition coefficient (Wildman–Crippen LogP) is 8.31. The zero-order chi connectivity index (χ0) is 30.3. The number of fused-ring (bicyclic) bond motifs is 1. The average molecular weight is 581 g/mol. The van der Waals surface area contributed by atoms with Gasteiger partial charge in [-0.15, -0.1) is 0 Å². The third-order valence-electron chi connectivity index (χ3n) is 8.11. The third kappa shape index (κ3) is 6.73. The van der Waals surface area contributed by atoms with Crippen LogP contribution in [-0.2, 0) is 11.2 Å². The molecule has 44 heavy (non-hydrogen) atoms. The van der Waals surface area contributed by atoms with Crippen molar-refractivity contribution in [2.75, 3.05) is 6.54 Å². The summed E-state index contributed by atoms with van der Waals surface area (Å²) in [6.45, 7) is 2.67. The minimum atomic E-state index is -0.415. The highest BCUT2D eigenvalue weighted by atomic mass is 16.3. The van der Waals surface area contributed by atoms with E-state index in [1.165, 1.54) is 0 Å². The molecular formula is C39H36N2O3. The predicted molar refractivity (Wildman–Crippen MR) is 176 cm³/mol. The molecule has 2 amide bonds. The number of hydrogen-bond acceptors (Lipinski definition) is 3. The Balaban J connectivity index is 1.19. The number of nitrogens with one attached hydrogen (secondary N) is 2. The second-order valence-corrected chi connectivity index (χ2v) is 11.2. The molecule has 1 aliphatic carbocycles. The fourth-order valence-corrected chi connectivity index (χ4v) is 5.61. The van der Waals surface area contributed by atoms with E-state index >= 15 is 0 Å². The van der Waals surface area contributed by atoms with Crippen LogP contribution < -0.4 is 10.6 Å². The number of carbonyl (C=O) groups excluding carboxylic acids is 2. The van der Waals surface area contributed by atoms with Gasteiger partial charge in [-0.3, -0.25) is 9.59 Å². The molecule has 2 atom stereocenters. The molecule has 0 spiro atoms. The van der Waals surface area contributed by atoms with E-state index in [9.17, 15) is 9.59 Å². The van der Waals surface area contributed by atoms with E-state index in [-0.39, 0.29) is 17.7 Å². The van der Waals surface area contributed by atoms with Crippen molar-refractivity contribution in [2.24, 2.45) is 0 Å². The molecule has 220 valence electrons. The third-order valence-corrected chi connectivity index (χ3v) is 8.11. The maximum atomic E-state index is 13.9. The summed E-state index contributed by atoms with van der Waals surface area (Å²) in [5.41, 5.74) is 6.45. The summed E-state index contributed by atoms with van der Waals surface area (Å²) in [6.07, 6.45) is 8.26. The highest BCUT2D eigenvalue weighted by Gasteiger charge is 2.24. The highest BCUT2D eigenvalue weighted by molar-refractivity contribution is 5.94. The minimum absolute atomic E-state index is 0.0692. The van der Waals surface area contributed by atoms with Crippen molar-refractivity contribution in [2.45, 2.75) is 38.0 Å². The Bertz CT molecular complexity index is 1770. The van der Waals surface area contributed by atoms with Gasteiger partial charge in [0.15, 0.2) is 0 Å².